The minimum atomic E-state index is 0.101. The lowest BCUT2D eigenvalue weighted by molar-refractivity contribution is 0.553. The standard InChI is InChI=1S/C12H14N2O/c1-9-3-5-10(6-4-9)12(13-2)11-7-15-8-14-11/h3-8,12-13H,1-2H3. The maximum absolute atomic E-state index is 4.99. The van der Waals surface area contributed by atoms with E-state index in [-0.39, 0.29) is 6.04 Å². The van der Waals surface area contributed by atoms with E-state index < -0.39 is 0 Å². The lowest BCUT2D eigenvalue weighted by Crippen LogP contribution is -2.17. The SMILES string of the molecule is CNC(c1ccc(C)cc1)c1cocn1. The van der Waals surface area contributed by atoms with Crippen molar-refractivity contribution in [1.29, 1.82) is 0 Å². The van der Waals surface area contributed by atoms with Crippen LogP contribution in [0.15, 0.2) is 41.3 Å². The van der Waals surface area contributed by atoms with Gasteiger partial charge < -0.3 is 9.73 Å². The lowest BCUT2D eigenvalue weighted by atomic mass is 10.0. The molecule has 1 heterocycles. The Balaban J connectivity index is 2.31. The molecule has 1 aromatic heterocycles. The molecule has 2 aromatic rings. The molecule has 0 fully saturated rings. The predicted octanol–water partition coefficient (Wildman–Crippen LogP) is 2.29. The summed E-state index contributed by atoms with van der Waals surface area (Å²) in [6, 6.07) is 8.50. The van der Waals surface area contributed by atoms with Gasteiger partial charge in [-0.2, -0.15) is 0 Å². The molecule has 2 rings (SSSR count). The molecule has 0 saturated heterocycles. The average molecular weight is 202 g/mol. The molecule has 0 spiro atoms. The van der Waals surface area contributed by atoms with Gasteiger partial charge in [-0.05, 0) is 19.5 Å². The summed E-state index contributed by atoms with van der Waals surface area (Å²) in [4.78, 5) is 4.16. The lowest BCUT2D eigenvalue weighted by Gasteiger charge is -2.13. The summed E-state index contributed by atoms with van der Waals surface area (Å²) in [5.74, 6) is 0. The van der Waals surface area contributed by atoms with E-state index in [2.05, 4.69) is 41.5 Å². The second-order valence-corrected chi connectivity index (χ2v) is 3.55. The number of rotatable bonds is 3. The summed E-state index contributed by atoms with van der Waals surface area (Å²) >= 11 is 0. The Morgan fingerprint density at radius 2 is 2.00 bits per heavy atom. The highest BCUT2D eigenvalue weighted by molar-refractivity contribution is 5.28. The summed E-state index contributed by atoms with van der Waals surface area (Å²) in [5.41, 5.74) is 3.35. The topological polar surface area (TPSA) is 38.1 Å². The third kappa shape index (κ3) is 2.07. The molecule has 0 aliphatic carbocycles. The fourth-order valence-electron chi connectivity index (χ4n) is 1.61. The van der Waals surface area contributed by atoms with Crippen molar-refractivity contribution in [1.82, 2.24) is 10.3 Å². The van der Waals surface area contributed by atoms with Crippen LogP contribution >= 0.6 is 0 Å². The number of hydrogen-bond donors (Lipinski definition) is 1. The van der Waals surface area contributed by atoms with E-state index in [0.717, 1.165) is 5.69 Å². The molecule has 0 radical (unpaired) electrons. The minimum Gasteiger partial charge on any atom is -0.451 e. The first-order valence-electron chi connectivity index (χ1n) is 4.93. The van der Waals surface area contributed by atoms with Crippen LogP contribution < -0.4 is 5.32 Å². The van der Waals surface area contributed by atoms with Crippen LogP contribution in [0.5, 0.6) is 0 Å². The van der Waals surface area contributed by atoms with Gasteiger partial charge in [0.15, 0.2) is 6.39 Å². The van der Waals surface area contributed by atoms with E-state index in [1.807, 2.05) is 7.05 Å². The normalized spacial score (nSPS) is 12.7. The Bertz CT molecular complexity index is 406. The second kappa shape index (κ2) is 4.28. The number of hydrogen-bond acceptors (Lipinski definition) is 3. The van der Waals surface area contributed by atoms with E-state index in [0.29, 0.717) is 0 Å². The van der Waals surface area contributed by atoms with Crippen LogP contribution in [0.1, 0.15) is 22.9 Å². The number of aryl methyl sites for hydroxylation is 1. The van der Waals surface area contributed by atoms with Crippen LogP contribution in [-0.4, -0.2) is 12.0 Å². The van der Waals surface area contributed by atoms with Crippen LogP contribution in [0.2, 0.25) is 0 Å². The molecule has 0 bridgehead atoms. The van der Waals surface area contributed by atoms with Gasteiger partial charge in [0.2, 0.25) is 0 Å². The molecule has 1 N–H and O–H groups in total. The highest BCUT2D eigenvalue weighted by Gasteiger charge is 2.13. The van der Waals surface area contributed by atoms with Crippen LogP contribution in [-0.2, 0) is 0 Å². The van der Waals surface area contributed by atoms with Crippen molar-refractivity contribution in [3.8, 4) is 0 Å². The van der Waals surface area contributed by atoms with E-state index in [4.69, 9.17) is 4.42 Å². The number of aromatic nitrogens is 1. The Kier molecular flexibility index (Phi) is 2.83. The summed E-state index contributed by atoms with van der Waals surface area (Å²) in [6.07, 6.45) is 3.12. The molecule has 0 aliphatic heterocycles. The van der Waals surface area contributed by atoms with E-state index >= 15 is 0 Å². The molecule has 0 aliphatic rings. The molecule has 1 unspecified atom stereocenters. The van der Waals surface area contributed by atoms with Gasteiger partial charge in [-0.15, -0.1) is 0 Å². The molecule has 3 nitrogen and oxygen atoms in total. The molecular weight excluding hydrogens is 188 g/mol. The summed E-state index contributed by atoms with van der Waals surface area (Å²) < 4.78 is 4.99. The molecule has 78 valence electrons. The van der Waals surface area contributed by atoms with Crippen LogP contribution in [0.25, 0.3) is 0 Å². The number of oxazole rings is 1. The first-order chi connectivity index (χ1) is 7.31. The quantitative estimate of drug-likeness (QED) is 0.829. The fraction of sp³-hybridized carbons (Fsp3) is 0.250. The third-order valence-electron chi connectivity index (χ3n) is 2.45. The van der Waals surface area contributed by atoms with Gasteiger partial charge in [0.05, 0.1) is 6.04 Å². The molecule has 3 heteroatoms. The zero-order chi connectivity index (χ0) is 10.7. The van der Waals surface area contributed by atoms with Gasteiger partial charge in [0.1, 0.15) is 12.0 Å². The van der Waals surface area contributed by atoms with Gasteiger partial charge in [0, 0.05) is 0 Å². The highest BCUT2D eigenvalue weighted by Crippen LogP contribution is 2.20. The monoisotopic (exact) mass is 202 g/mol. The van der Waals surface area contributed by atoms with Crippen molar-refractivity contribution in [2.75, 3.05) is 7.05 Å². The zero-order valence-corrected chi connectivity index (χ0v) is 8.90. The molecule has 0 amide bonds. The molecule has 1 aromatic carbocycles. The van der Waals surface area contributed by atoms with E-state index in [1.54, 1.807) is 6.26 Å². The smallest absolute Gasteiger partial charge is 0.180 e. The van der Waals surface area contributed by atoms with Crippen LogP contribution in [0.3, 0.4) is 0 Å². The first kappa shape index (κ1) is 9.93. The minimum absolute atomic E-state index is 0.101. The van der Waals surface area contributed by atoms with Crippen molar-refractivity contribution < 1.29 is 4.42 Å². The van der Waals surface area contributed by atoms with Gasteiger partial charge in [-0.25, -0.2) is 4.98 Å². The van der Waals surface area contributed by atoms with E-state index in [9.17, 15) is 0 Å². The van der Waals surface area contributed by atoms with Crippen molar-refractivity contribution in [2.24, 2.45) is 0 Å². The van der Waals surface area contributed by atoms with Gasteiger partial charge >= 0.3 is 0 Å². The summed E-state index contributed by atoms with van der Waals surface area (Å²) in [6.45, 7) is 2.08. The Morgan fingerprint density at radius 1 is 1.27 bits per heavy atom. The van der Waals surface area contributed by atoms with Crippen LogP contribution in [0, 0.1) is 6.92 Å². The number of nitrogens with one attached hydrogen (secondary N) is 1. The van der Waals surface area contributed by atoms with Crippen molar-refractivity contribution in [3.05, 3.63) is 53.7 Å². The van der Waals surface area contributed by atoms with Crippen LogP contribution in [0.4, 0.5) is 0 Å². The highest BCUT2D eigenvalue weighted by atomic mass is 16.3. The number of nitrogens with zero attached hydrogens (tertiary/aromatic N) is 1. The van der Waals surface area contributed by atoms with Crippen molar-refractivity contribution in [3.63, 3.8) is 0 Å². The Labute approximate surface area is 89.1 Å². The summed E-state index contributed by atoms with van der Waals surface area (Å²) in [7, 11) is 1.92. The maximum Gasteiger partial charge on any atom is 0.180 e. The largest absolute Gasteiger partial charge is 0.451 e. The van der Waals surface area contributed by atoms with Gasteiger partial charge in [-0.1, -0.05) is 29.8 Å². The average Bonchev–Trinajstić information content (AvgIpc) is 2.75. The van der Waals surface area contributed by atoms with Gasteiger partial charge in [0.25, 0.3) is 0 Å². The van der Waals surface area contributed by atoms with Crippen molar-refractivity contribution >= 4 is 0 Å². The molecule has 0 saturated carbocycles. The summed E-state index contributed by atoms with van der Waals surface area (Å²) in [5, 5.41) is 3.22. The number of benzene rings is 1. The maximum atomic E-state index is 4.99. The second-order valence-electron chi connectivity index (χ2n) is 3.55. The third-order valence-corrected chi connectivity index (χ3v) is 2.45. The molecular formula is C12H14N2O. The van der Waals surface area contributed by atoms with Crippen molar-refractivity contribution in [2.45, 2.75) is 13.0 Å². The Hall–Kier alpha value is -1.61. The molecule has 15 heavy (non-hydrogen) atoms. The predicted molar refractivity (Wildman–Crippen MR) is 58.6 cm³/mol. The van der Waals surface area contributed by atoms with E-state index in [1.165, 1.54) is 17.5 Å². The first-order valence-corrected chi connectivity index (χ1v) is 4.93. The van der Waals surface area contributed by atoms with Gasteiger partial charge in [-0.3, -0.25) is 0 Å². The zero-order valence-electron chi connectivity index (χ0n) is 8.90. The fourth-order valence-corrected chi connectivity index (χ4v) is 1.61. The Morgan fingerprint density at radius 3 is 2.53 bits per heavy atom. The molecule has 1 atom stereocenters.